The summed E-state index contributed by atoms with van der Waals surface area (Å²) in [5, 5.41) is 0. The molecule has 1 saturated heterocycles. The molecule has 4 nitrogen and oxygen atoms in total. The van der Waals surface area contributed by atoms with E-state index in [1.54, 1.807) is 12.1 Å². The fraction of sp³-hybridized carbons (Fsp3) is 0.625. The summed E-state index contributed by atoms with van der Waals surface area (Å²) in [5.74, 6) is 0. The molecular formula is C16H24N2O2S2. The van der Waals surface area contributed by atoms with Gasteiger partial charge in [0.05, 0.1) is 15.9 Å². The Morgan fingerprint density at radius 3 is 2.36 bits per heavy atom. The Kier molecular flexibility index (Phi) is 4.56. The van der Waals surface area contributed by atoms with Crippen LogP contribution in [0.25, 0.3) is 0 Å². The highest BCUT2D eigenvalue weighted by atomic mass is 33.1. The molecule has 0 aromatic heterocycles. The van der Waals surface area contributed by atoms with Crippen LogP contribution in [0, 0.1) is 12.3 Å². The first-order valence-corrected chi connectivity index (χ1v) is 10.7. The second-order valence-corrected chi connectivity index (χ2v) is 10.4. The number of benzene rings is 1. The van der Waals surface area contributed by atoms with Gasteiger partial charge in [0.1, 0.15) is 0 Å². The van der Waals surface area contributed by atoms with Crippen molar-refractivity contribution in [2.45, 2.75) is 50.0 Å². The topological polar surface area (TPSA) is 63.4 Å². The molecule has 1 heterocycles. The summed E-state index contributed by atoms with van der Waals surface area (Å²) in [5.41, 5.74) is 7.62. The summed E-state index contributed by atoms with van der Waals surface area (Å²) in [6, 6.07) is 7.37. The van der Waals surface area contributed by atoms with Gasteiger partial charge in [-0.05, 0) is 50.2 Å². The number of hydrogen-bond acceptors (Lipinski definition) is 5. The Hall–Kier alpha value is -0.560. The van der Waals surface area contributed by atoms with Gasteiger partial charge in [-0.25, -0.2) is 12.7 Å². The molecule has 1 aliphatic carbocycles. The number of hydrogen-bond donors (Lipinski definition) is 1. The van der Waals surface area contributed by atoms with Crippen molar-refractivity contribution in [3.05, 3.63) is 29.8 Å². The summed E-state index contributed by atoms with van der Waals surface area (Å²) in [6.45, 7) is 3.57. The zero-order valence-corrected chi connectivity index (χ0v) is 14.6. The maximum Gasteiger partial charge on any atom is 0.244 e. The average molecular weight is 341 g/mol. The molecule has 22 heavy (non-hydrogen) atoms. The first-order chi connectivity index (χ1) is 10.4. The predicted octanol–water partition coefficient (Wildman–Crippen LogP) is 2.93. The maximum atomic E-state index is 12.5. The van der Waals surface area contributed by atoms with Crippen LogP contribution in [0.3, 0.4) is 0 Å². The monoisotopic (exact) mass is 340 g/mol. The number of nitrogens with zero attached hydrogens (tertiary/aromatic N) is 1. The standard InChI is InChI=1S/C16H24N2O2S2/c1-13-4-6-14(7-5-13)22(19,20)21-18-11-9-16(10-12-18)8-2-3-15(16)17/h4-7,15H,2-3,8-12,17H2,1H3/t15-/m1/s1. The summed E-state index contributed by atoms with van der Waals surface area (Å²) in [6.07, 6.45) is 5.58. The van der Waals surface area contributed by atoms with Crippen LogP contribution in [0.1, 0.15) is 37.7 Å². The van der Waals surface area contributed by atoms with Crippen molar-refractivity contribution in [3.8, 4) is 0 Å². The Morgan fingerprint density at radius 2 is 1.82 bits per heavy atom. The van der Waals surface area contributed by atoms with Crippen LogP contribution in [0.15, 0.2) is 29.2 Å². The highest BCUT2D eigenvalue weighted by Crippen LogP contribution is 2.46. The minimum absolute atomic E-state index is 0.269. The Balaban J connectivity index is 1.64. The van der Waals surface area contributed by atoms with Crippen LogP contribution < -0.4 is 5.73 Å². The first kappa shape index (κ1) is 16.3. The quantitative estimate of drug-likeness (QED) is 0.677. The third kappa shape index (κ3) is 3.20. The van der Waals surface area contributed by atoms with E-state index in [1.807, 2.05) is 23.4 Å². The van der Waals surface area contributed by atoms with E-state index < -0.39 is 8.87 Å². The number of rotatable bonds is 3. The molecular weight excluding hydrogens is 316 g/mol. The summed E-state index contributed by atoms with van der Waals surface area (Å²) in [4.78, 5) is 0.390. The zero-order chi connectivity index (χ0) is 15.8. The molecule has 2 N–H and O–H groups in total. The SMILES string of the molecule is Cc1ccc(S(=O)(=O)SN2CCC3(CCC[C@H]3N)CC2)cc1. The summed E-state index contributed by atoms with van der Waals surface area (Å²) in [7, 11) is -2.32. The number of piperidine rings is 1. The van der Waals surface area contributed by atoms with Crippen LogP contribution in [-0.2, 0) is 8.87 Å². The van der Waals surface area contributed by atoms with Gasteiger partial charge in [-0.1, -0.05) is 24.1 Å². The molecule has 1 aliphatic heterocycles. The van der Waals surface area contributed by atoms with Crippen molar-refractivity contribution in [3.63, 3.8) is 0 Å². The van der Waals surface area contributed by atoms with Crippen molar-refractivity contribution in [2.75, 3.05) is 13.1 Å². The van der Waals surface area contributed by atoms with Crippen molar-refractivity contribution < 1.29 is 8.42 Å². The summed E-state index contributed by atoms with van der Waals surface area (Å²) < 4.78 is 27.0. The average Bonchev–Trinajstić information content (AvgIpc) is 2.83. The van der Waals surface area contributed by atoms with E-state index in [2.05, 4.69) is 0 Å². The zero-order valence-electron chi connectivity index (χ0n) is 13.0. The molecule has 1 atom stereocenters. The lowest BCUT2D eigenvalue weighted by molar-refractivity contribution is 0.147. The Bertz CT molecular complexity index is 620. The molecule has 0 amide bonds. The summed E-state index contributed by atoms with van der Waals surface area (Å²) >= 11 is 0. The van der Waals surface area contributed by atoms with Gasteiger partial charge in [0.25, 0.3) is 0 Å². The van der Waals surface area contributed by atoms with E-state index in [9.17, 15) is 8.42 Å². The lowest BCUT2D eigenvalue weighted by atomic mass is 9.75. The van der Waals surface area contributed by atoms with E-state index in [0.717, 1.165) is 48.9 Å². The highest BCUT2D eigenvalue weighted by molar-refractivity contribution is 8.71. The molecule has 0 unspecified atom stereocenters. The minimum Gasteiger partial charge on any atom is -0.327 e. The molecule has 0 bridgehead atoms. The fourth-order valence-corrected chi connectivity index (χ4v) is 6.72. The van der Waals surface area contributed by atoms with Gasteiger partial charge in [-0.2, -0.15) is 0 Å². The molecule has 1 aromatic rings. The molecule has 3 rings (SSSR count). The van der Waals surface area contributed by atoms with E-state index >= 15 is 0 Å². The van der Waals surface area contributed by atoms with Crippen LogP contribution in [0.5, 0.6) is 0 Å². The Morgan fingerprint density at radius 1 is 1.18 bits per heavy atom. The molecule has 122 valence electrons. The second kappa shape index (κ2) is 6.15. The van der Waals surface area contributed by atoms with Gasteiger partial charge in [0.2, 0.25) is 8.87 Å². The van der Waals surface area contributed by atoms with Crippen molar-refractivity contribution in [1.82, 2.24) is 4.31 Å². The molecule has 2 aliphatic rings. The normalized spacial score (nSPS) is 25.6. The molecule has 1 saturated carbocycles. The molecule has 0 radical (unpaired) electrons. The van der Waals surface area contributed by atoms with Gasteiger partial charge in [-0.15, -0.1) is 0 Å². The predicted molar refractivity (Wildman–Crippen MR) is 91.0 cm³/mol. The van der Waals surface area contributed by atoms with Crippen LogP contribution in [0.4, 0.5) is 0 Å². The molecule has 2 fully saturated rings. The van der Waals surface area contributed by atoms with Gasteiger partial charge < -0.3 is 5.73 Å². The van der Waals surface area contributed by atoms with Crippen molar-refractivity contribution in [1.29, 1.82) is 0 Å². The molecule has 1 spiro atoms. The third-order valence-corrected chi connectivity index (χ3v) is 8.63. The van der Waals surface area contributed by atoms with E-state index in [-0.39, 0.29) is 5.41 Å². The lowest BCUT2D eigenvalue weighted by Gasteiger charge is -2.41. The van der Waals surface area contributed by atoms with Gasteiger partial charge in [-0.3, -0.25) is 0 Å². The molecule has 6 heteroatoms. The fourth-order valence-electron chi connectivity index (χ4n) is 3.68. The number of aryl methyl sites for hydroxylation is 1. The first-order valence-electron chi connectivity index (χ1n) is 7.93. The lowest BCUT2D eigenvalue weighted by Crippen LogP contribution is -2.45. The Labute approximate surface area is 136 Å². The third-order valence-electron chi connectivity index (χ3n) is 5.21. The van der Waals surface area contributed by atoms with E-state index in [0.29, 0.717) is 10.9 Å². The van der Waals surface area contributed by atoms with Crippen molar-refractivity contribution >= 4 is 19.8 Å². The highest BCUT2D eigenvalue weighted by Gasteiger charge is 2.43. The smallest absolute Gasteiger partial charge is 0.244 e. The van der Waals surface area contributed by atoms with Crippen molar-refractivity contribution in [2.24, 2.45) is 11.1 Å². The van der Waals surface area contributed by atoms with Crippen LogP contribution >= 0.6 is 11.0 Å². The molecule has 1 aromatic carbocycles. The van der Waals surface area contributed by atoms with Crippen LogP contribution in [-0.4, -0.2) is 31.9 Å². The van der Waals surface area contributed by atoms with Gasteiger partial charge >= 0.3 is 0 Å². The number of nitrogens with two attached hydrogens (primary N) is 1. The van der Waals surface area contributed by atoms with E-state index in [1.165, 1.54) is 12.8 Å². The van der Waals surface area contributed by atoms with Gasteiger partial charge in [0.15, 0.2) is 0 Å². The minimum atomic E-state index is -3.31. The van der Waals surface area contributed by atoms with E-state index in [4.69, 9.17) is 5.73 Å². The second-order valence-electron chi connectivity index (χ2n) is 6.63. The van der Waals surface area contributed by atoms with Gasteiger partial charge in [0, 0.05) is 19.1 Å². The largest absolute Gasteiger partial charge is 0.327 e. The van der Waals surface area contributed by atoms with Crippen LogP contribution in [0.2, 0.25) is 0 Å². The maximum absolute atomic E-state index is 12.5.